The summed E-state index contributed by atoms with van der Waals surface area (Å²) < 4.78 is 0. The van der Waals surface area contributed by atoms with Crippen LogP contribution in [-0.4, -0.2) is 29.6 Å². The standard InChI is InChI=1S/C18H26N2O3/c1-12-8-9-15(10-13(12)2)20-18(23)17(22)19-11-16(21)14-6-4-3-5-7-14/h8-10,14,16,21H,3-7,11H2,1-2H3,(H,19,22)(H,20,23). The monoisotopic (exact) mass is 318 g/mol. The van der Waals surface area contributed by atoms with E-state index in [1.165, 1.54) is 6.42 Å². The minimum atomic E-state index is -0.710. The number of rotatable bonds is 4. The van der Waals surface area contributed by atoms with Crippen molar-refractivity contribution in [3.05, 3.63) is 29.3 Å². The molecule has 126 valence electrons. The van der Waals surface area contributed by atoms with Gasteiger partial charge in [0.05, 0.1) is 6.10 Å². The van der Waals surface area contributed by atoms with Crippen molar-refractivity contribution in [1.82, 2.24) is 5.32 Å². The summed E-state index contributed by atoms with van der Waals surface area (Å²) in [6.45, 7) is 4.07. The summed E-state index contributed by atoms with van der Waals surface area (Å²) >= 11 is 0. The Balaban J connectivity index is 1.80. The molecular formula is C18H26N2O3. The maximum absolute atomic E-state index is 11.9. The first-order valence-electron chi connectivity index (χ1n) is 8.32. The number of aryl methyl sites for hydroxylation is 2. The molecule has 0 bridgehead atoms. The van der Waals surface area contributed by atoms with Gasteiger partial charge in [0.2, 0.25) is 0 Å². The van der Waals surface area contributed by atoms with Gasteiger partial charge in [0, 0.05) is 12.2 Å². The normalized spacial score (nSPS) is 16.7. The van der Waals surface area contributed by atoms with E-state index in [0.717, 1.165) is 36.8 Å². The number of carbonyl (C=O) groups is 2. The molecule has 0 aliphatic heterocycles. The highest BCUT2D eigenvalue weighted by molar-refractivity contribution is 6.39. The third kappa shape index (κ3) is 5.06. The zero-order valence-corrected chi connectivity index (χ0v) is 13.9. The van der Waals surface area contributed by atoms with Gasteiger partial charge in [0.25, 0.3) is 0 Å². The molecule has 2 amide bonds. The van der Waals surface area contributed by atoms with Crippen LogP contribution < -0.4 is 10.6 Å². The highest BCUT2D eigenvalue weighted by atomic mass is 16.3. The Bertz CT molecular complexity index is 565. The van der Waals surface area contributed by atoms with Crippen molar-refractivity contribution in [2.45, 2.75) is 52.1 Å². The molecule has 2 rings (SSSR count). The van der Waals surface area contributed by atoms with Crippen molar-refractivity contribution in [2.75, 3.05) is 11.9 Å². The van der Waals surface area contributed by atoms with Crippen LogP contribution in [0, 0.1) is 19.8 Å². The lowest BCUT2D eigenvalue weighted by molar-refractivity contribution is -0.136. The molecule has 1 aliphatic rings. The van der Waals surface area contributed by atoms with Gasteiger partial charge in [0.1, 0.15) is 0 Å². The molecule has 1 aliphatic carbocycles. The summed E-state index contributed by atoms with van der Waals surface area (Å²) in [5, 5.41) is 15.2. The number of hydrogen-bond acceptors (Lipinski definition) is 3. The average Bonchev–Trinajstić information content (AvgIpc) is 2.56. The number of hydrogen-bond donors (Lipinski definition) is 3. The second-order valence-electron chi connectivity index (χ2n) is 6.43. The molecule has 0 heterocycles. The average molecular weight is 318 g/mol. The van der Waals surface area contributed by atoms with Gasteiger partial charge in [-0.1, -0.05) is 25.3 Å². The summed E-state index contributed by atoms with van der Waals surface area (Å²) in [5.41, 5.74) is 2.78. The Hall–Kier alpha value is -1.88. The van der Waals surface area contributed by atoms with Crippen LogP contribution in [0.2, 0.25) is 0 Å². The molecule has 5 nitrogen and oxygen atoms in total. The van der Waals surface area contributed by atoms with E-state index in [-0.39, 0.29) is 12.5 Å². The molecule has 1 aromatic carbocycles. The van der Waals surface area contributed by atoms with E-state index in [1.54, 1.807) is 6.07 Å². The Kier molecular flexibility index (Phi) is 6.16. The Morgan fingerprint density at radius 3 is 2.48 bits per heavy atom. The molecule has 0 spiro atoms. The van der Waals surface area contributed by atoms with Gasteiger partial charge in [-0.3, -0.25) is 9.59 Å². The molecular weight excluding hydrogens is 292 g/mol. The summed E-state index contributed by atoms with van der Waals surface area (Å²) in [6.07, 6.45) is 4.88. The zero-order valence-electron chi connectivity index (χ0n) is 13.9. The molecule has 0 saturated heterocycles. The summed E-state index contributed by atoms with van der Waals surface area (Å²) in [5.74, 6) is -1.19. The van der Waals surface area contributed by atoms with Gasteiger partial charge in [-0.05, 0) is 55.9 Å². The van der Waals surface area contributed by atoms with Crippen molar-refractivity contribution in [3.63, 3.8) is 0 Å². The first-order valence-corrected chi connectivity index (χ1v) is 8.32. The van der Waals surface area contributed by atoms with Crippen molar-refractivity contribution in [3.8, 4) is 0 Å². The minimum Gasteiger partial charge on any atom is -0.391 e. The first kappa shape index (κ1) is 17.5. The Morgan fingerprint density at radius 2 is 1.83 bits per heavy atom. The highest BCUT2D eigenvalue weighted by Crippen LogP contribution is 2.26. The molecule has 1 aromatic rings. The first-order chi connectivity index (χ1) is 11.0. The van der Waals surface area contributed by atoms with Crippen molar-refractivity contribution < 1.29 is 14.7 Å². The van der Waals surface area contributed by atoms with Crippen LogP contribution in [0.15, 0.2) is 18.2 Å². The van der Waals surface area contributed by atoms with E-state index in [9.17, 15) is 14.7 Å². The van der Waals surface area contributed by atoms with Gasteiger partial charge in [-0.2, -0.15) is 0 Å². The second-order valence-corrected chi connectivity index (χ2v) is 6.43. The number of aliphatic hydroxyl groups is 1. The number of nitrogens with one attached hydrogen (secondary N) is 2. The smallest absolute Gasteiger partial charge is 0.313 e. The van der Waals surface area contributed by atoms with E-state index < -0.39 is 17.9 Å². The lowest BCUT2D eigenvalue weighted by Crippen LogP contribution is -2.42. The minimum absolute atomic E-state index is 0.129. The predicted molar refractivity (Wildman–Crippen MR) is 90.1 cm³/mol. The predicted octanol–water partition coefficient (Wildman–Crippen LogP) is 2.30. The van der Waals surface area contributed by atoms with Crippen LogP contribution in [0.5, 0.6) is 0 Å². The third-order valence-electron chi connectivity index (χ3n) is 4.64. The lowest BCUT2D eigenvalue weighted by Gasteiger charge is -2.26. The van der Waals surface area contributed by atoms with Crippen LogP contribution in [0.1, 0.15) is 43.2 Å². The number of carbonyl (C=O) groups excluding carboxylic acids is 2. The Morgan fingerprint density at radius 1 is 1.13 bits per heavy atom. The van der Waals surface area contributed by atoms with Gasteiger partial charge >= 0.3 is 11.8 Å². The molecule has 1 fully saturated rings. The largest absolute Gasteiger partial charge is 0.391 e. The number of anilines is 1. The van der Waals surface area contributed by atoms with Crippen LogP contribution in [0.4, 0.5) is 5.69 Å². The maximum Gasteiger partial charge on any atom is 0.313 e. The van der Waals surface area contributed by atoms with Crippen molar-refractivity contribution in [2.24, 2.45) is 5.92 Å². The van der Waals surface area contributed by atoms with E-state index >= 15 is 0 Å². The maximum atomic E-state index is 11.9. The zero-order chi connectivity index (χ0) is 16.8. The Labute approximate surface area is 137 Å². The summed E-state index contributed by atoms with van der Waals surface area (Å²) in [4.78, 5) is 23.7. The van der Waals surface area contributed by atoms with E-state index in [0.29, 0.717) is 5.69 Å². The van der Waals surface area contributed by atoms with Gasteiger partial charge in [-0.25, -0.2) is 0 Å². The number of benzene rings is 1. The summed E-state index contributed by atoms with van der Waals surface area (Å²) in [6, 6.07) is 5.50. The molecule has 1 atom stereocenters. The van der Waals surface area contributed by atoms with Crippen molar-refractivity contribution >= 4 is 17.5 Å². The quantitative estimate of drug-likeness (QED) is 0.745. The number of amides is 2. The molecule has 5 heteroatoms. The fraction of sp³-hybridized carbons (Fsp3) is 0.556. The van der Waals surface area contributed by atoms with E-state index in [4.69, 9.17) is 0 Å². The van der Waals surface area contributed by atoms with Crippen molar-refractivity contribution in [1.29, 1.82) is 0 Å². The topological polar surface area (TPSA) is 78.4 Å². The van der Waals surface area contributed by atoms with Gasteiger partial charge in [0.15, 0.2) is 0 Å². The third-order valence-corrected chi connectivity index (χ3v) is 4.64. The number of aliphatic hydroxyl groups excluding tert-OH is 1. The fourth-order valence-electron chi connectivity index (χ4n) is 2.97. The van der Waals surface area contributed by atoms with Gasteiger partial charge < -0.3 is 15.7 Å². The van der Waals surface area contributed by atoms with Gasteiger partial charge in [-0.15, -0.1) is 0 Å². The molecule has 0 aromatic heterocycles. The highest BCUT2D eigenvalue weighted by Gasteiger charge is 2.23. The van der Waals surface area contributed by atoms with E-state index in [2.05, 4.69) is 10.6 Å². The lowest BCUT2D eigenvalue weighted by atomic mass is 9.85. The van der Waals surface area contributed by atoms with Crippen LogP contribution in [0.25, 0.3) is 0 Å². The molecule has 3 N–H and O–H groups in total. The SMILES string of the molecule is Cc1ccc(NC(=O)C(=O)NCC(O)C2CCCCC2)cc1C. The van der Waals surface area contributed by atoms with Crippen LogP contribution in [-0.2, 0) is 9.59 Å². The van der Waals surface area contributed by atoms with Crippen LogP contribution >= 0.6 is 0 Å². The fourth-order valence-corrected chi connectivity index (χ4v) is 2.97. The summed E-state index contributed by atoms with van der Waals surface area (Å²) in [7, 11) is 0. The molecule has 0 radical (unpaired) electrons. The molecule has 1 unspecified atom stereocenters. The van der Waals surface area contributed by atoms with E-state index in [1.807, 2.05) is 26.0 Å². The molecule has 1 saturated carbocycles. The second kappa shape index (κ2) is 8.11. The molecule has 23 heavy (non-hydrogen) atoms. The van der Waals surface area contributed by atoms with Crippen LogP contribution in [0.3, 0.4) is 0 Å².